The lowest BCUT2D eigenvalue weighted by molar-refractivity contribution is 0.703. The molecule has 0 bridgehead atoms. The highest BCUT2D eigenvalue weighted by Crippen LogP contribution is 2.29. The van der Waals surface area contributed by atoms with Crippen molar-refractivity contribution >= 4 is 11.8 Å². The van der Waals surface area contributed by atoms with Gasteiger partial charge in [-0.3, -0.25) is 0 Å². The lowest BCUT2D eigenvalue weighted by Crippen LogP contribution is -2.00. The average Bonchev–Trinajstić information content (AvgIpc) is 3.32. The minimum Gasteiger partial charge on any atom is -0.302 e. The van der Waals surface area contributed by atoms with E-state index in [9.17, 15) is 0 Å². The predicted molar refractivity (Wildman–Crippen MR) is 114 cm³/mol. The fraction of sp³-hybridized carbons (Fsp3) is 0.136. The second-order valence-corrected chi connectivity index (χ2v) is 7.31. The summed E-state index contributed by atoms with van der Waals surface area (Å²) < 4.78 is 4.01. The third-order valence-corrected chi connectivity index (χ3v) is 5.44. The Hall–Kier alpha value is -3.12. The summed E-state index contributed by atoms with van der Waals surface area (Å²) >= 11 is 1.67. The number of nitrogens with zero attached hydrogens (tertiary/aromatic N) is 5. The van der Waals surface area contributed by atoms with Crippen LogP contribution in [-0.4, -0.2) is 24.5 Å². The van der Waals surface area contributed by atoms with Crippen LogP contribution in [0.15, 0.2) is 84.7 Å². The first kappa shape index (κ1) is 18.3. The van der Waals surface area contributed by atoms with Crippen molar-refractivity contribution in [1.82, 2.24) is 24.5 Å². The summed E-state index contributed by atoms with van der Waals surface area (Å²) in [5, 5.41) is 14.3. The zero-order valence-electron chi connectivity index (χ0n) is 15.7. The van der Waals surface area contributed by atoms with Gasteiger partial charge >= 0.3 is 0 Å². The third-order valence-electron chi connectivity index (χ3n) is 4.43. The van der Waals surface area contributed by atoms with Gasteiger partial charge in [0.15, 0.2) is 5.16 Å². The summed E-state index contributed by atoms with van der Waals surface area (Å²) in [7, 11) is 0. The Labute approximate surface area is 168 Å². The lowest BCUT2D eigenvalue weighted by atomic mass is 10.1. The molecule has 2 aromatic heterocycles. The standard InChI is InChI=1S/C22H21N5S/c1-3-14-26-17(2)23-24-22(26)28-16-19-15-27(20-12-8-5-9-13-20)25-21(19)18-10-6-4-7-11-18/h3-13,15H,1,14,16H2,2H3. The Bertz CT molecular complexity index is 1070. The first-order chi connectivity index (χ1) is 13.8. The quantitative estimate of drug-likeness (QED) is 0.334. The monoisotopic (exact) mass is 387 g/mol. The molecular weight excluding hydrogens is 366 g/mol. The van der Waals surface area contributed by atoms with Crippen LogP contribution in [0.25, 0.3) is 16.9 Å². The van der Waals surface area contributed by atoms with Crippen molar-refractivity contribution in [2.75, 3.05) is 0 Å². The Morgan fingerprint density at radius 2 is 1.71 bits per heavy atom. The van der Waals surface area contributed by atoms with Crippen molar-refractivity contribution in [2.45, 2.75) is 24.4 Å². The van der Waals surface area contributed by atoms with Gasteiger partial charge in [-0.05, 0) is 19.1 Å². The van der Waals surface area contributed by atoms with Gasteiger partial charge < -0.3 is 4.57 Å². The molecule has 2 aromatic carbocycles. The van der Waals surface area contributed by atoms with Crippen LogP contribution in [0.4, 0.5) is 0 Å². The van der Waals surface area contributed by atoms with Gasteiger partial charge in [0.2, 0.25) is 0 Å². The van der Waals surface area contributed by atoms with Gasteiger partial charge in [-0.2, -0.15) is 5.10 Å². The number of aryl methyl sites for hydroxylation is 1. The number of benzene rings is 2. The van der Waals surface area contributed by atoms with Crippen molar-refractivity contribution in [1.29, 1.82) is 0 Å². The minimum absolute atomic E-state index is 0.704. The highest BCUT2D eigenvalue weighted by molar-refractivity contribution is 7.98. The first-order valence-corrected chi connectivity index (χ1v) is 10.1. The Kier molecular flexibility index (Phi) is 5.39. The molecule has 4 rings (SSSR count). The topological polar surface area (TPSA) is 48.5 Å². The summed E-state index contributed by atoms with van der Waals surface area (Å²) in [5.41, 5.74) is 4.30. The van der Waals surface area contributed by atoms with E-state index in [1.165, 1.54) is 0 Å². The van der Waals surface area contributed by atoms with Gasteiger partial charge in [0.25, 0.3) is 0 Å². The van der Waals surface area contributed by atoms with E-state index in [0.717, 1.165) is 39.2 Å². The Morgan fingerprint density at radius 1 is 1.00 bits per heavy atom. The van der Waals surface area contributed by atoms with Crippen molar-refractivity contribution < 1.29 is 0 Å². The lowest BCUT2D eigenvalue weighted by Gasteiger charge is -2.05. The molecule has 0 N–H and O–H groups in total. The summed E-state index contributed by atoms with van der Waals surface area (Å²) in [6, 6.07) is 20.5. The molecule has 0 aliphatic heterocycles. The number of rotatable bonds is 7. The molecule has 0 spiro atoms. The van der Waals surface area contributed by atoms with Crippen LogP contribution >= 0.6 is 11.8 Å². The van der Waals surface area contributed by atoms with E-state index < -0.39 is 0 Å². The molecule has 0 amide bonds. The molecule has 4 aromatic rings. The Morgan fingerprint density at radius 3 is 2.43 bits per heavy atom. The molecule has 0 saturated heterocycles. The van der Waals surface area contributed by atoms with Gasteiger partial charge in [-0.25, -0.2) is 4.68 Å². The van der Waals surface area contributed by atoms with E-state index in [1.807, 2.05) is 54.1 Å². The van der Waals surface area contributed by atoms with Crippen molar-refractivity contribution in [3.8, 4) is 16.9 Å². The first-order valence-electron chi connectivity index (χ1n) is 9.09. The molecule has 0 aliphatic carbocycles. The summed E-state index contributed by atoms with van der Waals surface area (Å²) in [4.78, 5) is 0. The van der Waals surface area contributed by atoms with Gasteiger partial charge in [0.05, 0.1) is 11.4 Å². The van der Waals surface area contributed by atoms with Crippen LogP contribution in [-0.2, 0) is 12.3 Å². The molecule has 0 radical (unpaired) electrons. The minimum atomic E-state index is 0.704. The molecule has 0 atom stereocenters. The van der Waals surface area contributed by atoms with Crippen molar-refractivity contribution in [2.24, 2.45) is 0 Å². The van der Waals surface area contributed by atoms with Gasteiger partial charge in [0.1, 0.15) is 5.82 Å². The SMILES string of the molecule is C=CCn1c(C)nnc1SCc1cn(-c2ccccc2)nc1-c1ccccc1. The zero-order chi connectivity index (χ0) is 19.3. The van der Waals surface area contributed by atoms with Crippen LogP contribution in [0, 0.1) is 6.92 Å². The largest absolute Gasteiger partial charge is 0.302 e. The normalized spacial score (nSPS) is 10.9. The van der Waals surface area contributed by atoms with E-state index >= 15 is 0 Å². The maximum absolute atomic E-state index is 4.87. The van der Waals surface area contributed by atoms with E-state index in [4.69, 9.17) is 5.10 Å². The molecule has 5 nitrogen and oxygen atoms in total. The zero-order valence-corrected chi connectivity index (χ0v) is 16.5. The number of aromatic nitrogens is 5. The second kappa shape index (κ2) is 8.27. The highest BCUT2D eigenvalue weighted by atomic mass is 32.2. The van der Waals surface area contributed by atoms with Crippen LogP contribution in [0.1, 0.15) is 11.4 Å². The molecule has 0 unspecified atom stereocenters. The van der Waals surface area contributed by atoms with E-state index in [-0.39, 0.29) is 0 Å². The van der Waals surface area contributed by atoms with Gasteiger partial charge in [0, 0.05) is 29.6 Å². The van der Waals surface area contributed by atoms with Crippen molar-refractivity contribution in [3.05, 3.63) is 90.9 Å². The molecule has 0 fully saturated rings. The molecule has 0 aliphatic rings. The van der Waals surface area contributed by atoms with Crippen LogP contribution in [0.3, 0.4) is 0 Å². The maximum Gasteiger partial charge on any atom is 0.191 e. The molecule has 28 heavy (non-hydrogen) atoms. The summed E-state index contributed by atoms with van der Waals surface area (Å²) in [5.74, 6) is 1.65. The smallest absolute Gasteiger partial charge is 0.191 e. The number of allylic oxidation sites excluding steroid dienone is 1. The number of thioether (sulfide) groups is 1. The molecule has 140 valence electrons. The van der Waals surface area contributed by atoms with Gasteiger partial charge in [-0.15, -0.1) is 16.8 Å². The number of para-hydroxylation sites is 1. The van der Waals surface area contributed by atoms with Crippen LogP contribution < -0.4 is 0 Å². The third kappa shape index (κ3) is 3.77. The van der Waals surface area contributed by atoms with Gasteiger partial charge in [-0.1, -0.05) is 66.4 Å². The van der Waals surface area contributed by atoms with E-state index in [1.54, 1.807) is 11.8 Å². The van der Waals surface area contributed by atoms with E-state index in [2.05, 4.69) is 51.8 Å². The second-order valence-electron chi connectivity index (χ2n) is 6.37. The fourth-order valence-electron chi connectivity index (χ4n) is 3.02. The molecule has 0 saturated carbocycles. The Balaban J connectivity index is 1.67. The van der Waals surface area contributed by atoms with Crippen LogP contribution in [0.2, 0.25) is 0 Å². The molecular formula is C22H21N5S. The van der Waals surface area contributed by atoms with Crippen LogP contribution in [0.5, 0.6) is 0 Å². The van der Waals surface area contributed by atoms with E-state index in [0.29, 0.717) is 6.54 Å². The predicted octanol–water partition coefficient (Wildman–Crippen LogP) is 4.92. The summed E-state index contributed by atoms with van der Waals surface area (Å²) in [6.45, 7) is 6.49. The average molecular weight is 388 g/mol. The number of hydrogen-bond acceptors (Lipinski definition) is 4. The molecule has 2 heterocycles. The molecule has 6 heteroatoms. The highest BCUT2D eigenvalue weighted by Gasteiger charge is 2.15. The van der Waals surface area contributed by atoms with Crippen molar-refractivity contribution in [3.63, 3.8) is 0 Å². The maximum atomic E-state index is 4.87. The fourth-order valence-corrected chi connectivity index (χ4v) is 3.97. The summed E-state index contributed by atoms with van der Waals surface area (Å²) in [6.07, 6.45) is 3.97. The number of hydrogen-bond donors (Lipinski definition) is 0.